The lowest BCUT2D eigenvalue weighted by atomic mass is 9.73. The Morgan fingerprint density at radius 1 is 1.22 bits per heavy atom. The van der Waals surface area contributed by atoms with Crippen LogP contribution in [0.15, 0.2) is 47.5 Å². The van der Waals surface area contributed by atoms with Gasteiger partial charge in [0.1, 0.15) is 5.82 Å². The number of rotatable bonds is 2. The van der Waals surface area contributed by atoms with Crippen LogP contribution < -0.4 is 10.9 Å². The zero-order valence-electron chi connectivity index (χ0n) is 15.5. The molecule has 0 amide bonds. The average Bonchev–Trinajstić information content (AvgIpc) is 3.10. The zero-order valence-corrected chi connectivity index (χ0v) is 15.5. The van der Waals surface area contributed by atoms with Crippen molar-refractivity contribution in [1.82, 2.24) is 25.1 Å². The number of aromatic amines is 1. The van der Waals surface area contributed by atoms with Crippen LogP contribution in [0.5, 0.6) is 0 Å². The quantitative estimate of drug-likeness (QED) is 0.736. The summed E-state index contributed by atoms with van der Waals surface area (Å²) in [6.07, 6.45) is 5.61. The fraction of sp³-hybridized carbons (Fsp3) is 0.381. The lowest BCUT2D eigenvalue weighted by molar-refractivity contribution is 0.294. The number of imidazole rings is 1. The lowest BCUT2D eigenvalue weighted by Gasteiger charge is -2.42. The average molecular weight is 361 g/mol. The minimum atomic E-state index is -0.0531. The van der Waals surface area contributed by atoms with Crippen molar-refractivity contribution in [2.24, 2.45) is 13.0 Å². The van der Waals surface area contributed by atoms with Crippen molar-refractivity contribution in [2.75, 3.05) is 0 Å². The fourth-order valence-corrected chi connectivity index (χ4v) is 4.82. The molecule has 2 aromatic heterocycles. The molecule has 138 valence electrons. The second kappa shape index (κ2) is 6.16. The third-order valence-corrected chi connectivity index (χ3v) is 6.00. The predicted molar refractivity (Wildman–Crippen MR) is 102 cm³/mol. The lowest BCUT2D eigenvalue weighted by Crippen LogP contribution is -2.44. The number of nitrogens with one attached hydrogen (secondary N) is 2. The Kier molecular flexibility index (Phi) is 3.75. The number of aromatic nitrogens is 4. The Morgan fingerprint density at radius 2 is 2.04 bits per heavy atom. The van der Waals surface area contributed by atoms with E-state index in [4.69, 9.17) is 0 Å². The molecule has 4 atom stereocenters. The largest absolute Gasteiger partial charge is 0.337 e. The first-order valence-corrected chi connectivity index (χ1v) is 9.53. The first-order chi connectivity index (χ1) is 13.1. The molecule has 0 saturated heterocycles. The molecular weight excluding hydrogens is 338 g/mol. The van der Waals surface area contributed by atoms with Crippen LogP contribution in [-0.2, 0) is 13.5 Å². The minimum Gasteiger partial charge on any atom is -0.337 e. The highest BCUT2D eigenvalue weighted by molar-refractivity contribution is 5.44. The molecule has 2 aliphatic rings. The highest BCUT2D eigenvalue weighted by atomic mass is 16.1. The molecule has 3 aromatic rings. The fourth-order valence-electron chi connectivity index (χ4n) is 4.82. The molecule has 0 saturated carbocycles. The van der Waals surface area contributed by atoms with Crippen molar-refractivity contribution in [3.05, 3.63) is 81.3 Å². The van der Waals surface area contributed by atoms with E-state index in [-0.39, 0.29) is 23.6 Å². The van der Waals surface area contributed by atoms with Crippen LogP contribution in [0.2, 0.25) is 0 Å². The molecule has 2 N–H and O–H groups in total. The van der Waals surface area contributed by atoms with Gasteiger partial charge in [0.15, 0.2) is 0 Å². The standard InChI is InChI=1S/C21H23N5O/c1-12-10-14-16-15(11-12)23-18(13-6-4-3-5-7-13)17(19(16)24-25-21(14)27)20-22-8-9-26(20)2/h3-9,12,15,17-18,23H,10-11H2,1-2H3,(H,25,27). The maximum atomic E-state index is 12.5. The van der Waals surface area contributed by atoms with E-state index in [1.807, 2.05) is 30.1 Å². The van der Waals surface area contributed by atoms with Crippen molar-refractivity contribution >= 4 is 0 Å². The van der Waals surface area contributed by atoms with Crippen molar-refractivity contribution in [2.45, 2.75) is 37.8 Å². The summed E-state index contributed by atoms with van der Waals surface area (Å²) in [5.41, 5.74) is 4.11. The van der Waals surface area contributed by atoms with Gasteiger partial charge in [-0.25, -0.2) is 10.1 Å². The van der Waals surface area contributed by atoms with E-state index >= 15 is 0 Å². The number of aryl methyl sites for hydroxylation is 1. The van der Waals surface area contributed by atoms with Gasteiger partial charge in [0.25, 0.3) is 5.56 Å². The van der Waals surface area contributed by atoms with Crippen molar-refractivity contribution in [3.8, 4) is 0 Å². The van der Waals surface area contributed by atoms with Crippen LogP contribution in [0.1, 0.15) is 59.6 Å². The van der Waals surface area contributed by atoms with E-state index in [0.29, 0.717) is 5.92 Å². The van der Waals surface area contributed by atoms with Gasteiger partial charge in [0.05, 0.1) is 11.6 Å². The molecule has 0 fully saturated rings. The van der Waals surface area contributed by atoms with E-state index < -0.39 is 0 Å². The zero-order chi connectivity index (χ0) is 18.5. The van der Waals surface area contributed by atoms with Crippen LogP contribution >= 0.6 is 0 Å². The summed E-state index contributed by atoms with van der Waals surface area (Å²) in [7, 11) is 2.01. The van der Waals surface area contributed by atoms with Crippen LogP contribution in [0.25, 0.3) is 0 Å². The summed E-state index contributed by atoms with van der Waals surface area (Å²) < 4.78 is 2.05. The summed E-state index contributed by atoms with van der Waals surface area (Å²) >= 11 is 0. The molecule has 27 heavy (non-hydrogen) atoms. The molecule has 3 heterocycles. The van der Waals surface area contributed by atoms with E-state index in [2.05, 4.69) is 51.7 Å². The smallest absolute Gasteiger partial charge is 0.267 e. The highest BCUT2D eigenvalue weighted by Gasteiger charge is 2.43. The normalized spacial score (nSPS) is 26.6. The van der Waals surface area contributed by atoms with Gasteiger partial charge in [-0.05, 0) is 24.3 Å². The molecule has 6 heteroatoms. The summed E-state index contributed by atoms with van der Waals surface area (Å²) in [6, 6.07) is 10.7. The van der Waals surface area contributed by atoms with Gasteiger partial charge in [-0.3, -0.25) is 4.79 Å². The molecule has 0 spiro atoms. The molecule has 0 bridgehead atoms. The van der Waals surface area contributed by atoms with Crippen molar-refractivity contribution in [3.63, 3.8) is 0 Å². The van der Waals surface area contributed by atoms with Crippen LogP contribution in [0.3, 0.4) is 0 Å². The Morgan fingerprint density at radius 3 is 2.78 bits per heavy atom. The second-order valence-electron chi connectivity index (χ2n) is 7.86. The van der Waals surface area contributed by atoms with Gasteiger partial charge >= 0.3 is 0 Å². The third-order valence-electron chi connectivity index (χ3n) is 6.00. The van der Waals surface area contributed by atoms with Gasteiger partial charge < -0.3 is 9.88 Å². The second-order valence-corrected chi connectivity index (χ2v) is 7.86. The molecule has 0 radical (unpaired) electrons. The van der Waals surface area contributed by atoms with Crippen LogP contribution in [0.4, 0.5) is 0 Å². The van der Waals surface area contributed by atoms with Gasteiger partial charge in [-0.1, -0.05) is 37.3 Å². The Balaban J connectivity index is 1.76. The van der Waals surface area contributed by atoms with Crippen LogP contribution in [-0.4, -0.2) is 19.7 Å². The third kappa shape index (κ3) is 2.55. The summed E-state index contributed by atoms with van der Waals surface area (Å²) in [4.78, 5) is 17.1. The predicted octanol–water partition coefficient (Wildman–Crippen LogP) is 2.60. The summed E-state index contributed by atoms with van der Waals surface area (Å²) in [5.74, 6) is 1.37. The molecule has 1 aliphatic carbocycles. The number of hydrogen-bond acceptors (Lipinski definition) is 4. The topological polar surface area (TPSA) is 75.6 Å². The highest BCUT2D eigenvalue weighted by Crippen LogP contribution is 2.47. The molecule has 5 rings (SSSR count). The van der Waals surface area contributed by atoms with E-state index in [9.17, 15) is 4.79 Å². The molecular formula is C21H23N5O. The maximum Gasteiger partial charge on any atom is 0.267 e. The monoisotopic (exact) mass is 361 g/mol. The first kappa shape index (κ1) is 16.4. The summed E-state index contributed by atoms with van der Waals surface area (Å²) in [5, 5.41) is 11.2. The maximum absolute atomic E-state index is 12.5. The first-order valence-electron chi connectivity index (χ1n) is 9.53. The van der Waals surface area contributed by atoms with Crippen molar-refractivity contribution < 1.29 is 0 Å². The van der Waals surface area contributed by atoms with Crippen molar-refractivity contribution in [1.29, 1.82) is 0 Å². The van der Waals surface area contributed by atoms with Gasteiger partial charge in [-0.2, -0.15) is 5.10 Å². The van der Waals surface area contributed by atoms with E-state index in [1.54, 1.807) is 0 Å². The molecule has 6 nitrogen and oxygen atoms in total. The van der Waals surface area contributed by atoms with Gasteiger partial charge in [0.2, 0.25) is 0 Å². The van der Waals surface area contributed by atoms with E-state index in [1.165, 1.54) is 5.56 Å². The summed E-state index contributed by atoms with van der Waals surface area (Å²) in [6.45, 7) is 2.21. The SMILES string of the molecule is CC1Cc2c3c(n[nH]c2=O)C(c2nccn2C)C(c2ccccc2)NC3C1. The van der Waals surface area contributed by atoms with E-state index in [0.717, 1.165) is 35.5 Å². The van der Waals surface area contributed by atoms with Gasteiger partial charge in [-0.15, -0.1) is 0 Å². The number of H-pyrrole nitrogens is 1. The molecule has 1 aliphatic heterocycles. The Bertz CT molecular complexity index is 1040. The number of nitrogens with zero attached hydrogens (tertiary/aromatic N) is 3. The minimum absolute atomic E-state index is 0.0520. The van der Waals surface area contributed by atoms with Crippen LogP contribution in [0, 0.1) is 5.92 Å². The Hall–Kier alpha value is -2.73. The number of hydrogen-bond donors (Lipinski definition) is 2. The Labute approximate surface area is 157 Å². The van der Waals surface area contributed by atoms with Gasteiger partial charge in [0, 0.05) is 42.7 Å². The molecule has 1 aromatic carbocycles. The number of benzene rings is 1. The molecule has 4 unspecified atom stereocenters.